The summed E-state index contributed by atoms with van der Waals surface area (Å²) in [5.41, 5.74) is 1.56. The van der Waals surface area contributed by atoms with Crippen LogP contribution in [-0.4, -0.2) is 25.1 Å². The minimum atomic E-state index is -0.127. The monoisotopic (exact) mass is 434 g/mol. The maximum absolute atomic E-state index is 12.1. The van der Waals surface area contributed by atoms with Crippen molar-refractivity contribution in [2.75, 3.05) is 14.2 Å². The third-order valence-corrected chi connectivity index (χ3v) is 4.87. The molecule has 0 bridgehead atoms. The summed E-state index contributed by atoms with van der Waals surface area (Å²) in [6.07, 6.45) is 2.23. The average molecular weight is 435 g/mol. The molecule has 0 atom stereocenters. The van der Waals surface area contributed by atoms with Crippen molar-refractivity contribution in [3.63, 3.8) is 0 Å². The van der Waals surface area contributed by atoms with Gasteiger partial charge in [-0.05, 0) is 29.8 Å². The summed E-state index contributed by atoms with van der Waals surface area (Å²) in [5, 5.41) is 3.90. The van der Waals surface area contributed by atoms with Crippen molar-refractivity contribution < 1.29 is 18.7 Å². The first-order chi connectivity index (χ1) is 14.0. The highest BCUT2D eigenvalue weighted by atomic mass is 35.5. The largest absolute Gasteiger partial charge is 0.497 e. The van der Waals surface area contributed by atoms with E-state index in [1.54, 1.807) is 44.7 Å². The number of carbonyl (C=O) groups is 1. The standard InChI is InChI=1S/C21H20Cl2N2O4/c1-27-15-5-6-16(18(10-15)28-2)19-12-25-21(29-19)8-7-20(26)24-11-13-3-4-14(22)9-17(13)23/h3-6,9-10,12H,7-8,11H2,1-2H3,(H,24,26). The Hall–Kier alpha value is -2.70. The Labute approximate surface area is 178 Å². The molecule has 0 saturated heterocycles. The van der Waals surface area contributed by atoms with E-state index >= 15 is 0 Å². The Balaban J connectivity index is 1.57. The van der Waals surface area contributed by atoms with E-state index < -0.39 is 0 Å². The third kappa shape index (κ3) is 5.43. The van der Waals surface area contributed by atoms with Crippen LogP contribution in [0.2, 0.25) is 10.0 Å². The Morgan fingerprint density at radius 1 is 1.14 bits per heavy atom. The average Bonchev–Trinajstić information content (AvgIpc) is 3.20. The predicted molar refractivity (Wildman–Crippen MR) is 112 cm³/mol. The van der Waals surface area contributed by atoms with E-state index in [0.29, 0.717) is 46.2 Å². The lowest BCUT2D eigenvalue weighted by Gasteiger charge is -2.08. The van der Waals surface area contributed by atoms with Gasteiger partial charge in [0, 0.05) is 35.5 Å². The number of rotatable bonds is 8. The van der Waals surface area contributed by atoms with E-state index in [2.05, 4.69) is 10.3 Å². The van der Waals surface area contributed by atoms with Gasteiger partial charge < -0.3 is 19.2 Å². The summed E-state index contributed by atoms with van der Waals surface area (Å²) in [4.78, 5) is 16.4. The zero-order chi connectivity index (χ0) is 20.8. The van der Waals surface area contributed by atoms with Crippen molar-refractivity contribution in [1.29, 1.82) is 0 Å². The molecule has 0 fully saturated rings. The molecule has 0 unspecified atom stereocenters. The molecule has 1 N–H and O–H groups in total. The zero-order valence-electron chi connectivity index (χ0n) is 16.0. The van der Waals surface area contributed by atoms with Crippen molar-refractivity contribution in [1.82, 2.24) is 10.3 Å². The molecule has 0 aliphatic rings. The lowest BCUT2D eigenvalue weighted by atomic mass is 10.1. The van der Waals surface area contributed by atoms with Crippen LogP contribution in [0, 0.1) is 0 Å². The van der Waals surface area contributed by atoms with Gasteiger partial charge in [0.05, 0.1) is 26.0 Å². The molecule has 1 heterocycles. The fourth-order valence-corrected chi connectivity index (χ4v) is 3.20. The summed E-state index contributed by atoms with van der Waals surface area (Å²) in [7, 11) is 3.17. The molecule has 0 aliphatic heterocycles. The van der Waals surface area contributed by atoms with Gasteiger partial charge in [0.15, 0.2) is 11.7 Å². The first kappa shape index (κ1) is 21.0. The van der Waals surface area contributed by atoms with Crippen LogP contribution in [0.5, 0.6) is 11.5 Å². The summed E-state index contributed by atoms with van der Waals surface area (Å²) < 4.78 is 16.4. The number of halogens is 2. The summed E-state index contributed by atoms with van der Waals surface area (Å²) in [6, 6.07) is 10.6. The molecule has 8 heteroatoms. The number of amides is 1. The number of hydrogen-bond acceptors (Lipinski definition) is 5. The topological polar surface area (TPSA) is 73.6 Å². The van der Waals surface area contributed by atoms with Crippen LogP contribution in [0.15, 0.2) is 47.0 Å². The molecule has 1 amide bonds. The fourth-order valence-electron chi connectivity index (χ4n) is 2.72. The molecule has 29 heavy (non-hydrogen) atoms. The van der Waals surface area contributed by atoms with Crippen LogP contribution in [0.3, 0.4) is 0 Å². The second kappa shape index (κ2) is 9.67. The van der Waals surface area contributed by atoms with Gasteiger partial charge in [-0.3, -0.25) is 4.79 Å². The van der Waals surface area contributed by atoms with Gasteiger partial charge in [0.25, 0.3) is 0 Å². The van der Waals surface area contributed by atoms with Crippen molar-refractivity contribution in [2.45, 2.75) is 19.4 Å². The molecule has 0 aliphatic carbocycles. The minimum Gasteiger partial charge on any atom is -0.497 e. The van der Waals surface area contributed by atoms with Crippen LogP contribution in [-0.2, 0) is 17.8 Å². The molecule has 152 valence electrons. The molecule has 3 rings (SSSR count). The van der Waals surface area contributed by atoms with Crippen LogP contribution < -0.4 is 14.8 Å². The first-order valence-corrected chi connectivity index (χ1v) is 9.63. The highest BCUT2D eigenvalue weighted by Crippen LogP contribution is 2.33. The Bertz CT molecular complexity index is 1000. The van der Waals surface area contributed by atoms with Crippen molar-refractivity contribution in [3.8, 4) is 22.8 Å². The number of oxazole rings is 1. The van der Waals surface area contributed by atoms with E-state index in [0.717, 1.165) is 11.1 Å². The highest BCUT2D eigenvalue weighted by Gasteiger charge is 2.14. The Morgan fingerprint density at radius 2 is 1.97 bits per heavy atom. The predicted octanol–water partition coefficient (Wildman–Crippen LogP) is 4.91. The number of nitrogens with zero attached hydrogens (tertiary/aromatic N) is 1. The number of ether oxygens (including phenoxy) is 2. The normalized spacial score (nSPS) is 10.6. The Morgan fingerprint density at radius 3 is 2.69 bits per heavy atom. The zero-order valence-corrected chi connectivity index (χ0v) is 17.5. The second-order valence-corrected chi connectivity index (χ2v) is 7.04. The maximum Gasteiger partial charge on any atom is 0.220 e. The number of aromatic nitrogens is 1. The molecule has 0 radical (unpaired) electrons. The number of aryl methyl sites for hydroxylation is 1. The van der Waals surface area contributed by atoms with Crippen LogP contribution in [0.4, 0.5) is 0 Å². The van der Waals surface area contributed by atoms with Gasteiger partial charge >= 0.3 is 0 Å². The molecule has 0 spiro atoms. The molecule has 6 nitrogen and oxygen atoms in total. The molecule has 0 saturated carbocycles. The molecular weight excluding hydrogens is 415 g/mol. The summed E-state index contributed by atoms with van der Waals surface area (Å²) in [6.45, 7) is 0.328. The number of methoxy groups -OCH3 is 2. The summed E-state index contributed by atoms with van der Waals surface area (Å²) in [5.74, 6) is 2.20. The molecule has 2 aromatic carbocycles. The molecule has 3 aromatic rings. The van der Waals surface area contributed by atoms with Crippen molar-refractivity contribution >= 4 is 29.1 Å². The van der Waals surface area contributed by atoms with Gasteiger partial charge in [-0.25, -0.2) is 4.98 Å². The van der Waals surface area contributed by atoms with Gasteiger partial charge in [-0.1, -0.05) is 29.3 Å². The van der Waals surface area contributed by atoms with Gasteiger partial charge in [-0.2, -0.15) is 0 Å². The van der Waals surface area contributed by atoms with E-state index in [9.17, 15) is 4.79 Å². The maximum atomic E-state index is 12.1. The van der Waals surface area contributed by atoms with Gasteiger partial charge in [-0.15, -0.1) is 0 Å². The Kier molecular flexibility index (Phi) is 7.01. The number of nitrogens with one attached hydrogen (secondary N) is 1. The van der Waals surface area contributed by atoms with Crippen LogP contribution in [0.25, 0.3) is 11.3 Å². The lowest BCUT2D eigenvalue weighted by Crippen LogP contribution is -2.23. The van der Waals surface area contributed by atoms with E-state index in [-0.39, 0.29) is 12.3 Å². The second-order valence-electron chi connectivity index (χ2n) is 6.20. The van der Waals surface area contributed by atoms with E-state index in [4.69, 9.17) is 37.1 Å². The highest BCUT2D eigenvalue weighted by molar-refractivity contribution is 6.35. The third-order valence-electron chi connectivity index (χ3n) is 4.28. The van der Waals surface area contributed by atoms with Crippen molar-refractivity contribution in [2.24, 2.45) is 0 Å². The van der Waals surface area contributed by atoms with Gasteiger partial charge in [0.2, 0.25) is 5.91 Å². The van der Waals surface area contributed by atoms with Crippen LogP contribution >= 0.6 is 23.2 Å². The smallest absolute Gasteiger partial charge is 0.220 e. The number of benzene rings is 2. The van der Waals surface area contributed by atoms with Gasteiger partial charge in [0.1, 0.15) is 11.5 Å². The number of carbonyl (C=O) groups excluding carboxylic acids is 1. The van der Waals surface area contributed by atoms with Crippen molar-refractivity contribution in [3.05, 3.63) is 64.1 Å². The molecular formula is C21H20Cl2N2O4. The first-order valence-electron chi connectivity index (χ1n) is 8.88. The number of hydrogen-bond donors (Lipinski definition) is 1. The lowest BCUT2D eigenvalue weighted by molar-refractivity contribution is -0.121. The quantitative estimate of drug-likeness (QED) is 0.544. The molecule has 1 aromatic heterocycles. The fraction of sp³-hybridized carbons (Fsp3) is 0.238. The SMILES string of the molecule is COc1ccc(-c2cnc(CCC(=O)NCc3ccc(Cl)cc3Cl)o2)c(OC)c1. The van der Waals surface area contributed by atoms with E-state index in [1.165, 1.54) is 0 Å². The minimum absolute atomic E-state index is 0.127. The van der Waals surface area contributed by atoms with E-state index in [1.807, 2.05) is 12.1 Å². The van der Waals surface area contributed by atoms with Crippen LogP contribution in [0.1, 0.15) is 17.9 Å². The summed E-state index contributed by atoms with van der Waals surface area (Å²) >= 11 is 12.0.